The predicted molar refractivity (Wildman–Crippen MR) is 72.6 cm³/mol. The molecule has 0 unspecified atom stereocenters. The minimum Gasteiger partial charge on any atom is -0.208 e. The number of benzene rings is 1. The van der Waals surface area contributed by atoms with Crippen LogP contribution in [0.4, 0.5) is 8.78 Å². The second-order valence-corrected chi connectivity index (χ2v) is 7.28. The van der Waals surface area contributed by atoms with Gasteiger partial charge in [0.1, 0.15) is 0 Å². The minimum atomic E-state index is -3.81. The summed E-state index contributed by atoms with van der Waals surface area (Å²) < 4.78 is 53.1. The van der Waals surface area contributed by atoms with E-state index in [1.54, 1.807) is 0 Å². The average Bonchev–Trinajstić information content (AvgIpc) is 2.38. The van der Waals surface area contributed by atoms with Gasteiger partial charge in [0.05, 0.1) is 4.90 Å². The highest BCUT2D eigenvalue weighted by molar-refractivity contribution is 7.89. The summed E-state index contributed by atoms with van der Waals surface area (Å²) in [5.74, 6) is -1.54. The molecule has 0 bridgehead atoms. The van der Waals surface area contributed by atoms with Crippen molar-refractivity contribution in [2.24, 2.45) is 11.8 Å². The van der Waals surface area contributed by atoms with Crippen LogP contribution >= 0.6 is 0 Å². The summed E-state index contributed by atoms with van der Waals surface area (Å²) in [4.78, 5) is -0.234. The summed E-state index contributed by atoms with van der Waals surface area (Å²) in [6.45, 7) is 4.12. The van der Waals surface area contributed by atoms with E-state index in [9.17, 15) is 17.2 Å². The first-order valence-electron chi connectivity index (χ1n) is 6.78. The lowest BCUT2D eigenvalue weighted by Crippen LogP contribution is -2.43. The zero-order valence-electron chi connectivity index (χ0n) is 11.6. The van der Waals surface area contributed by atoms with Gasteiger partial charge < -0.3 is 0 Å². The van der Waals surface area contributed by atoms with E-state index in [1.807, 2.05) is 6.92 Å². The van der Waals surface area contributed by atoms with Crippen molar-refractivity contribution in [3.8, 4) is 0 Å². The van der Waals surface area contributed by atoms with Crippen molar-refractivity contribution in [1.29, 1.82) is 0 Å². The van der Waals surface area contributed by atoms with Gasteiger partial charge in [-0.15, -0.1) is 0 Å². The van der Waals surface area contributed by atoms with Crippen LogP contribution in [-0.4, -0.2) is 14.5 Å². The van der Waals surface area contributed by atoms with Gasteiger partial charge in [0.15, 0.2) is 11.6 Å². The van der Waals surface area contributed by atoms with Gasteiger partial charge in [-0.3, -0.25) is 0 Å². The smallest absolute Gasteiger partial charge is 0.208 e. The summed E-state index contributed by atoms with van der Waals surface area (Å²) in [5, 5.41) is 0. The van der Waals surface area contributed by atoms with E-state index < -0.39 is 21.7 Å². The number of sulfonamides is 1. The lowest BCUT2D eigenvalue weighted by atomic mass is 9.78. The van der Waals surface area contributed by atoms with E-state index in [0.29, 0.717) is 12.0 Å². The van der Waals surface area contributed by atoms with Gasteiger partial charge in [-0.2, -0.15) is 0 Å². The van der Waals surface area contributed by atoms with Crippen molar-refractivity contribution >= 4 is 10.0 Å². The lowest BCUT2D eigenvalue weighted by molar-refractivity contribution is 0.227. The Bertz CT molecular complexity index is 589. The molecule has 2 rings (SSSR count). The zero-order valence-corrected chi connectivity index (χ0v) is 12.4. The normalized spacial score (nSPS) is 27.5. The van der Waals surface area contributed by atoms with E-state index in [0.717, 1.165) is 31.4 Å². The fourth-order valence-corrected chi connectivity index (χ4v) is 4.03. The maximum absolute atomic E-state index is 13.2. The fourth-order valence-electron chi connectivity index (χ4n) is 2.66. The number of hydrogen-bond acceptors (Lipinski definition) is 2. The molecule has 1 saturated carbocycles. The summed E-state index contributed by atoms with van der Waals surface area (Å²) in [5.41, 5.74) is 0. The maximum atomic E-state index is 13.2. The van der Waals surface area contributed by atoms with Gasteiger partial charge in [-0.05, 0) is 36.5 Å². The monoisotopic (exact) mass is 303 g/mol. The number of hydrogen-bond donors (Lipinski definition) is 1. The van der Waals surface area contributed by atoms with Gasteiger partial charge >= 0.3 is 0 Å². The Morgan fingerprint density at radius 1 is 1.15 bits per heavy atom. The molecule has 0 saturated heterocycles. The molecule has 1 aliphatic carbocycles. The van der Waals surface area contributed by atoms with Crippen LogP contribution in [0.15, 0.2) is 23.1 Å². The van der Waals surface area contributed by atoms with Crippen molar-refractivity contribution in [3.05, 3.63) is 29.8 Å². The van der Waals surface area contributed by atoms with Crippen molar-refractivity contribution in [1.82, 2.24) is 4.72 Å². The summed E-state index contributed by atoms with van der Waals surface area (Å²) in [6.07, 6.45) is 2.83. The molecule has 0 spiro atoms. The van der Waals surface area contributed by atoms with Crippen molar-refractivity contribution in [2.45, 2.75) is 44.0 Å². The van der Waals surface area contributed by atoms with Crippen LogP contribution in [0.1, 0.15) is 33.1 Å². The molecule has 0 heterocycles. The van der Waals surface area contributed by atoms with E-state index in [4.69, 9.17) is 0 Å². The molecule has 6 heteroatoms. The first kappa shape index (κ1) is 15.4. The molecule has 0 aromatic heterocycles. The first-order chi connectivity index (χ1) is 9.31. The first-order valence-corrected chi connectivity index (χ1v) is 8.27. The van der Waals surface area contributed by atoms with Gasteiger partial charge in [-0.25, -0.2) is 21.9 Å². The van der Waals surface area contributed by atoms with Gasteiger partial charge in [0, 0.05) is 6.04 Å². The third kappa shape index (κ3) is 3.17. The fraction of sp³-hybridized carbons (Fsp3) is 0.571. The Labute approximate surface area is 118 Å². The Morgan fingerprint density at radius 2 is 1.85 bits per heavy atom. The van der Waals surface area contributed by atoms with Gasteiger partial charge in [0.2, 0.25) is 10.0 Å². The van der Waals surface area contributed by atoms with Crippen LogP contribution in [0.25, 0.3) is 0 Å². The predicted octanol–water partition coefficient (Wildman–Crippen LogP) is 3.07. The summed E-state index contributed by atoms with van der Waals surface area (Å²) >= 11 is 0. The average molecular weight is 303 g/mol. The number of nitrogens with one attached hydrogen (secondary N) is 1. The molecule has 3 nitrogen and oxygen atoms in total. The molecule has 112 valence electrons. The maximum Gasteiger partial charge on any atom is 0.240 e. The standard InChI is InChI=1S/C14H19F2NO2S/c1-9-4-3-5-14(10(9)2)17-20(18,19)11-6-7-12(15)13(16)8-11/h6-10,14,17H,3-5H2,1-2H3/t9-,10+,14-/m1/s1. The summed E-state index contributed by atoms with van der Waals surface area (Å²) in [7, 11) is -3.81. The molecule has 0 amide bonds. The van der Waals surface area contributed by atoms with E-state index in [2.05, 4.69) is 11.6 Å². The quantitative estimate of drug-likeness (QED) is 0.933. The highest BCUT2D eigenvalue weighted by Crippen LogP contribution is 2.30. The minimum absolute atomic E-state index is 0.156. The third-order valence-electron chi connectivity index (χ3n) is 4.21. The zero-order chi connectivity index (χ0) is 14.9. The van der Waals surface area contributed by atoms with Crippen molar-refractivity contribution in [3.63, 3.8) is 0 Å². The van der Waals surface area contributed by atoms with E-state index >= 15 is 0 Å². The van der Waals surface area contributed by atoms with Crippen LogP contribution in [0.5, 0.6) is 0 Å². The topological polar surface area (TPSA) is 46.2 Å². The molecule has 1 aromatic carbocycles. The van der Waals surface area contributed by atoms with Crippen LogP contribution in [0, 0.1) is 23.5 Å². The van der Waals surface area contributed by atoms with Crippen LogP contribution in [-0.2, 0) is 10.0 Å². The number of rotatable bonds is 3. The molecular formula is C14H19F2NO2S. The highest BCUT2D eigenvalue weighted by Gasteiger charge is 2.30. The summed E-state index contributed by atoms with van der Waals surface area (Å²) in [6, 6.07) is 2.47. The Hall–Kier alpha value is -1.01. The van der Waals surface area contributed by atoms with E-state index in [1.165, 1.54) is 0 Å². The van der Waals surface area contributed by atoms with Crippen LogP contribution < -0.4 is 4.72 Å². The van der Waals surface area contributed by atoms with E-state index in [-0.39, 0.29) is 16.9 Å². The highest BCUT2D eigenvalue weighted by atomic mass is 32.2. The lowest BCUT2D eigenvalue weighted by Gasteiger charge is -2.34. The molecule has 1 N–H and O–H groups in total. The third-order valence-corrected chi connectivity index (χ3v) is 5.70. The van der Waals surface area contributed by atoms with Crippen molar-refractivity contribution in [2.75, 3.05) is 0 Å². The molecule has 20 heavy (non-hydrogen) atoms. The Balaban J connectivity index is 2.20. The molecule has 1 fully saturated rings. The molecule has 3 atom stereocenters. The van der Waals surface area contributed by atoms with Gasteiger partial charge in [0.25, 0.3) is 0 Å². The SMILES string of the molecule is C[C@H]1[C@H](C)CCC[C@H]1NS(=O)(=O)c1ccc(F)c(F)c1. The molecule has 0 aliphatic heterocycles. The van der Waals surface area contributed by atoms with Gasteiger partial charge in [-0.1, -0.05) is 26.7 Å². The molecule has 1 aliphatic rings. The second kappa shape index (κ2) is 5.77. The number of halogens is 2. The van der Waals surface area contributed by atoms with Crippen molar-refractivity contribution < 1.29 is 17.2 Å². The Morgan fingerprint density at radius 3 is 2.50 bits per heavy atom. The second-order valence-electron chi connectivity index (χ2n) is 5.57. The van der Waals surface area contributed by atoms with Crippen LogP contribution in [0.3, 0.4) is 0 Å². The molecular weight excluding hydrogens is 284 g/mol. The molecule has 1 aromatic rings. The largest absolute Gasteiger partial charge is 0.240 e. The van der Waals surface area contributed by atoms with Crippen LogP contribution in [0.2, 0.25) is 0 Å². The molecule has 0 radical (unpaired) electrons. The Kier molecular flexibility index (Phi) is 4.44.